The number of aromatic carboxylic acids is 1. The molecule has 0 aromatic heterocycles. The van der Waals surface area contributed by atoms with Gasteiger partial charge in [-0.15, -0.1) is 0 Å². The summed E-state index contributed by atoms with van der Waals surface area (Å²) in [5.41, 5.74) is 2.40. The number of carbonyl (C=O) groups is 2. The molecule has 4 nitrogen and oxygen atoms in total. The Morgan fingerprint density at radius 3 is 2.35 bits per heavy atom. The molecule has 2 aromatic rings. The molecule has 2 rings (SSSR count). The lowest BCUT2D eigenvalue weighted by Crippen LogP contribution is -2.14. The van der Waals surface area contributed by atoms with Gasteiger partial charge in [-0.25, -0.2) is 4.79 Å². The lowest BCUT2D eigenvalue weighted by Gasteiger charge is -2.08. The number of aryl methyl sites for hydroxylation is 1. The zero-order valence-corrected chi connectivity index (χ0v) is 12.8. The average molecular weight is 381 g/mol. The molecule has 0 atom stereocenters. The molecule has 0 bridgehead atoms. The van der Waals surface area contributed by atoms with Gasteiger partial charge in [-0.3, -0.25) is 4.79 Å². The normalized spacial score (nSPS) is 10.1. The molecule has 0 heterocycles. The molecule has 0 aliphatic rings. The van der Waals surface area contributed by atoms with Gasteiger partial charge in [-0.1, -0.05) is 12.1 Å². The van der Waals surface area contributed by atoms with Crippen LogP contribution in [0.3, 0.4) is 0 Å². The highest BCUT2D eigenvalue weighted by Gasteiger charge is 2.11. The molecule has 0 spiro atoms. The molecule has 0 saturated carbocycles. The van der Waals surface area contributed by atoms with Crippen molar-refractivity contribution in [2.75, 3.05) is 5.32 Å². The highest BCUT2D eigenvalue weighted by molar-refractivity contribution is 14.1. The molecule has 0 aliphatic carbocycles. The summed E-state index contributed by atoms with van der Waals surface area (Å²) in [6, 6.07) is 11.6. The topological polar surface area (TPSA) is 66.4 Å². The standard InChI is InChI=1S/C15H12INO3/c1-9-3-2-4-12(13(9)16)14(18)17-11-7-5-10(6-8-11)15(19)20/h2-8H,1H3,(H,17,18)(H,19,20). The number of amides is 1. The number of anilines is 1. The van der Waals surface area contributed by atoms with E-state index in [0.29, 0.717) is 11.3 Å². The van der Waals surface area contributed by atoms with Crippen LogP contribution in [0.5, 0.6) is 0 Å². The number of halogens is 1. The van der Waals surface area contributed by atoms with Crippen molar-refractivity contribution in [3.05, 3.63) is 62.7 Å². The van der Waals surface area contributed by atoms with Crippen molar-refractivity contribution in [1.29, 1.82) is 0 Å². The zero-order chi connectivity index (χ0) is 14.7. The fourth-order valence-corrected chi connectivity index (χ4v) is 2.32. The van der Waals surface area contributed by atoms with Crippen LogP contribution in [-0.2, 0) is 0 Å². The van der Waals surface area contributed by atoms with E-state index < -0.39 is 5.97 Å². The number of hydrogen-bond acceptors (Lipinski definition) is 2. The zero-order valence-electron chi connectivity index (χ0n) is 10.7. The Bertz CT molecular complexity index is 665. The monoisotopic (exact) mass is 381 g/mol. The van der Waals surface area contributed by atoms with Crippen LogP contribution in [0.2, 0.25) is 0 Å². The second-order valence-corrected chi connectivity index (χ2v) is 5.35. The Morgan fingerprint density at radius 2 is 1.75 bits per heavy atom. The summed E-state index contributed by atoms with van der Waals surface area (Å²) in [5.74, 6) is -1.20. The highest BCUT2D eigenvalue weighted by atomic mass is 127. The quantitative estimate of drug-likeness (QED) is 0.800. The van der Waals surface area contributed by atoms with E-state index in [1.165, 1.54) is 12.1 Å². The minimum Gasteiger partial charge on any atom is -0.478 e. The van der Waals surface area contributed by atoms with E-state index in [1.807, 2.05) is 19.1 Å². The van der Waals surface area contributed by atoms with Gasteiger partial charge in [0.15, 0.2) is 0 Å². The average Bonchev–Trinajstić information content (AvgIpc) is 2.42. The molecule has 0 unspecified atom stereocenters. The van der Waals surface area contributed by atoms with Crippen molar-refractivity contribution < 1.29 is 14.7 Å². The van der Waals surface area contributed by atoms with Crippen LogP contribution < -0.4 is 5.32 Å². The predicted octanol–water partition coefficient (Wildman–Crippen LogP) is 3.55. The molecule has 102 valence electrons. The summed E-state index contributed by atoms with van der Waals surface area (Å²) >= 11 is 2.14. The first kappa shape index (κ1) is 14.5. The largest absolute Gasteiger partial charge is 0.478 e. The summed E-state index contributed by atoms with van der Waals surface area (Å²) in [5, 5.41) is 11.6. The second kappa shape index (κ2) is 6.04. The maximum atomic E-state index is 12.2. The molecule has 0 fully saturated rings. The Hall–Kier alpha value is -1.89. The molecular weight excluding hydrogens is 369 g/mol. The van der Waals surface area contributed by atoms with Gasteiger partial charge >= 0.3 is 5.97 Å². The summed E-state index contributed by atoms with van der Waals surface area (Å²) in [6.45, 7) is 1.94. The fourth-order valence-electron chi connectivity index (χ4n) is 1.72. The van der Waals surface area contributed by atoms with E-state index in [1.54, 1.807) is 18.2 Å². The van der Waals surface area contributed by atoms with Gasteiger partial charge in [0.2, 0.25) is 0 Å². The maximum absolute atomic E-state index is 12.2. The number of carbonyl (C=O) groups excluding carboxylic acids is 1. The van der Waals surface area contributed by atoms with Gasteiger partial charge in [-0.05, 0) is 65.4 Å². The van der Waals surface area contributed by atoms with Crippen LogP contribution in [0.4, 0.5) is 5.69 Å². The van der Waals surface area contributed by atoms with Crippen molar-refractivity contribution in [1.82, 2.24) is 0 Å². The lowest BCUT2D eigenvalue weighted by molar-refractivity contribution is 0.0696. The first-order chi connectivity index (χ1) is 9.49. The van der Waals surface area contributed by atoms with Crippen molar-refractivity contribution in [2.24, 2.45) is 0 Å². The molecule has 5 heteroatoms. The van der Waals surface area contributed by atoms with E-state index in [2.05, 4.69) is 27.9 Å². The van der Waals surface area contributed by atoms with Gasteiger partial charge in [0.1, 0.15) is 0 Å². The lowest BCUT2D eigenvalue weighted by atomic mass is 10.1. The molecular formula is C15H12INO3. The van der Waals surface area contributed by atoms with E-state index in [0.717, 1.165) is 9.13 Å². The minimum absolute atomic E-state index is 0.188. The van der Waals surface area contributed by atoms with E-state index in [-0.39, 0.29) is 11.5 Å². The number of nitrogens with one attached hydrogen (secondary N) is 1. The van der Waals surface area contributed by atoms with Crippen LogP contribution >= 0.6 is 22.6 Å². The highest BCUT2D eigenvalue weighted by Crippen LogP contribution is 2.18. The van der Waals surface area contributed by atoms with Crippen LogP contribution in [0.25, 0.3) is 0 Å². The van der Waals surface area contributed by atoms with Crippen molar-refractivity contribution >= 4 is 40.2 Å². The molecule has 2 aromatic carbocycles. The summed E-state index contributed by atoms with van der Waals surface area (Å²) < 4.78 is 0.907. The summed E-state index contributed by atoms with van der Waals surface area (Å²) in [7, 11) is 0. The molecule has 1 amide bonds. The third kappa shape index (κ3) is 3.16. The Morgan fingerprint density at radius 1 is 1.10 bits per heavy atom. The smallest absolute Gasteiger partial charge is 0.335 e. The van der Waals surface area contributed by atoms with E-state index in [4.69, 9.17) is 5.11 Å². The fraction of sp³-hybridized carbons (Fsp3) is 0.0667. The van der Waals surface area contributed by atoms with Gasteiger partial charge in [0, 0.05) is 9.26 Å². The maximum Gasteiger partial charge on any atom is 0.335 e. The van der Waals surface area contributed by atoms with Crippen LogP contribution in [0, 0.1) is 10.5 Å². The second-order valence-electron chi connectivity index (χ2n) is 4.27. The first-order valence-corrected chi connectivity index (χ1v) is 6.96. The van der Waals surface area contributed by atoms with Crippen LogP contribution in [-0.4, -0.2) is 17.0 Å². The first-order valence-electron chi connectivity index (χ1n) is 5.89. The molecule has 2 N–H and O–H groups in total. The van der Waals surface area contributed by atoms with Gasteiger partial charge in [0.05, 0.1) is 11.1 Å². The van der Waals surface area contributed by atoms with Crippen molar-refractivity contribution in [2.45, 2.75) is 6.92 Å². The third-order valence-electron chi connectivity index (χ3n) is 2.83. The molecule has 0 radical (unpaired) electrons. The van der Waals surface area contributed by atoms with E-state index in [9.17, 15) is 9.59 Å². The number of carboxylic acid groups (broad SMARTS) is 1. The number of benzene rings is 2. The Kier molecular flexibility index (Phi) is 4.39. The van der Waals surface area contributed by atoms with Gasteiger partial charge in [0.25, 0.3) is 5.91 Å². The summed E-state index contributed by atoms with van der Waals surface area (Å²) in [4.78, 5) is 22.9. The Balaban J connectivity index is 2.19. The van der Waals surface area contributed by atoms with E-state index >= 15 is 0 Å². The van der Waals surface area contributed by atoms with Crippen molar-refractivity contribution in [3.8, 4) is 0 Å². The number of carboxylic acids is 1. The number of rotatable bonds is 3. The van der Waals surface area contributed by atoms with Crippen LogP contribution in [0.1, 0.15) is 26.3 Å². The minimum atomic E-state index is -0.990. The predicted molar refractivity (Wildman–Crippen MR) is 85.3 cm³/mol. The molecule has 20 heavy (non-hydrogen) atoms. The molecule has 0 aliphatic heterocycles. The summed E-state index contributed by atoms with van der Waals surface area (Å²) in [6.07, 6.45) is 0. The SMILES string of the molecule is Cc1cccc(C(=O)Nc2ccc(C(=O)O)cc2)c1I. The molecule has 0 saturated heterocycles. The Labute approximate surface area is 130 Å². The number of hydrogen-bond donors (Lipinski definition) is 2. The van der Waals surface area contributed by atoms with Gasteiger partial charge < -0.3 is 10.4 Å². The van der Waals surface area contributed by atoms with Crippen LogP contribution in [0.15, 0.2) is 42.5 Å². The van der Waals surface area contributed by atoms with Gasteiger partial charge in [-0.2, -0.15) is 0 Å². The van der Waals surface area contributed by atoms with Crippen molar-refractivity contribution in [3.63, 3.8) is 0 Å². The third-order valence-corrected chi connectivity index (χ3v) is 4.26.